The standard InChI is InChI=1S/C13H14N2O4S/c1-8-2-4-9(5-3-8)14-11-12(18)15(13(19)20-11)7-6-10(16)17/h2-5,11,14H,6-7H2,1H3,(H,16,17)/p-1/t11-/m1/s1. The Bertz CT molecular complexity index is 544. The topological polar surface area (TPSA) is 89.5 Å². The van der Waals surface area contributed by atoms with Gasteiger partial charge in [-0.3, -0.25) is 14.5 Å². The monoisotopic (exact) mass is 293 g/mol. The Morgan fingerprint density at radius 1 is 1.35 bits per heavy atom. The molecule has 0 bridgehead atoms. The second-order valence-electron chi connectivity index (χ2n) is 4.39. The highest BCUT2D eigenvalue weighted by molar-refractivity contribution is 8.15. The van der Waals surface area contributed by atoms with E-state index in [2.05, 4.69) is 5.32 Å². The van der Waals surface area contributed by atoms with Crippen molar-refractivity contribution in [2.45, 2.75) is 18.7 Å². The van der Waals surface area contributed by atoms with E-state index in [4.69, 9.17) is 0 Å². The third-order valence-corrected chi connectivity index (χ3v) is 3.80. The molecule has 106 valence electrons. The Kier molecular flexibility index (Phi) is 4.29. The molecule has 6 nitrogen and oxygen atoms in total. The molecule has 0 aromatic heterocycles. The lowest BCUT2D eigenvalue weighted by Gasteiger charge is -2.15. The van der Waals surface area contributed by atoms with Crippen molar-refractivity contribution in [2.24, 2.45) is 0 Å². The molecule has 0 unspecified atom stereocenters. The Morgan fingerprint density at radius 3 is 2.60 bits per heavy atom. The minimum atomic E-state index is -1.29. The second-order valence-corrected chi connectivity index (χ2v) is 5.44. The minimum Gasteiger partial charge on any atom is -0.550 e. The van der Waals surface area contributed by atoms with E-state index in [0.717, 1.165) is 27.9 Å². The van der Waals surface area contributed by atoms with Gasteiger partial charge in [-0.2, -0.15) is 0 Å². The highest BCUT2D eigenvalue weighted by atomic mass is 32.2. The van der Waals surface area contributed by atoms with Gasteiger partial charge in [0.1, 0.15) is 0 Å². The summed E-state index contributed by atoms with van der Waals surface area (Å²) in [5.74, 6) is -1.72. The van der Waals surface area contributed by atoms with Crippen molar-refractivity contribution in [3.8, 4) is 0 Å². The number of carbonyl (C=O) groups excluding carboxylic acids is 3. The number of nitrogens with zero attached hydrogens (tertiary/aromatic N) is 1. The van der Waals surface area contributed by atoms with Gasteiger partial charge in [-0.05, 0) is 30.8 Å². The van der Waals surface area contributed by atoms with Crippen LogP contribution in [0.15, 0.2) is 24.3 Å². The molecule has 20 heavy (non-hydrogen) atoms. The zero-order chi connectivity index (χ0) is 14.7. The number of hydrogen-bond acceptors (Lipinski definition) is 6. The highest BCUT2D eigenvalue weighted by Crippen LogP contribution is 2.28. The predicted molar refractivity (Wildman–Crippen MR) is 72.9 cm³/mol. The summed E-state index contributed by atoms with van der Waals surface area (Å²) in [6.07, 6.45) is -0.352. The molecule has 2 amide bonds. The lowest BCUT2D eigenvalue weighted by Crippen LogP contribution is -2.37. The van der Waals surface area contributed by atoms with Crippen LogP contribution < -0.4 is 10.4 Å². The van der Waals surface area contributed by atoms with Gasteiger partial charge in [-0.25, -0.2) is 0 Å². The number of nitrogens with one attached hydrogen (secondary N) is 1. The zero-order valence-corrected chi connectivity index (χ0v) is 11.6. The van der Waals surface area contributed by atoms with Crippen molar-refractivity contribution in [2.75, 3.05) is 11.9 Å². The van der Waals surface area contributed by atoms with Crippen molar-refractivity contribution in [3.05, 3.63) is 29.8 Å². The van der Waals surface area contributed by atoms with Gasteiger partial charge in [0.15, 0.2) is 5.37 Å². The van der Waals surface area contributed by atoms with Crippen LogP contribution in [0.1, 0.15) is 12.0 Å². The van der Waals surface area contributed by atoms with Gasteiger partial charge < -0.3 is 15.2 Å². The molecule has 1 fully saturated rings. The molecule has 1 heterocycles. The molecular weight excluding hydrogens is 280 g/mol. The number of thioether (sulfide) groups is 1. The molecule has 1 atom stereocenters. The fourth-order valence-corrected chi connectivity index (χ4v) is 2.68. The van der Waals surface area contributed by atoms with Gasteiger partial charge in [0.2, 0.25) is 0 Å². The molecule has 1 aliphatic heterocycles. The van der Waals surface area contributed by atoms with Crippen LogP contribution in [0.5, 0.6) is 0 Å². The second kappa shape index (κ2) is 5.96. The maximum atomic E-state index is 12.0. The van der Waals surface area contributed by atoms with Crippen LogP contribution in [0.25, 0.3) is 0 Å². The Balaban J connectivity index is 2.00. The molecule has 1 N–H and O–H groups in total. The molecule has 0 saturated carbocycles. The molecule has 0 aliphatic carbocycles. The molecule has 2 rings (SSSR count). The van der Waals surface area contributed by atoms with Gasteiger partial charge in [-0.15, -0.1) is 0 Å². The molecule has 1 aromatic rings. The van der Waals surface area contributed by atoms with Crippen molar-refractivity contribution < 1.29 is 19.5 Å². The Labute approximate surface area is 120 Å². The summed E-state index contributed by atoms with van der Waals surface area (Å²) in [5, 5.41) is 12.2. The van der Waals surface area contributed by atoms with Crippen LogP contribution >= 0.6 is 11.8 Å². The average molecular weight is 293 g/mol. The summed E-state index contributed by atoms with van der Waals surface area (Å²) in [6, 6.07) is 7.42. The lowest BCUT2D eigenvalue weighted by molar-refractivity contribution is -0.305. The first-order valence-electron chi connectivity index (χ1n) is 6.02. The quantitative estimate of drug-likeness (QED) is 0.853. The van der Waals surface area contributed by atoms with E-state index in [1.165, 1.54) is 0 Å². The van der Waals surface area contributed by atoms with Crippen LogP contribution in [0.2, 0.25) is 0 Å². The smallest absolute Gasteiger partial charge is 0.290 e. The van der Waals surface area contributed by atoms with Crippen LogP contribution in [-0.4, -0.2) is 33.9 Å². The van der Waals surface area contributed by atoms with Gasteiger partial charge in [0.25, 0.3) is 11.1 Å². The SMILES string of the molecule is Cc1ccc(N[C@@H]2SC(=O)N(CCC(=O)[O-])C2=O)cc1. The van der Waals surface area contributed by atoms with Gasteiger partial charge >= 0.3 is 0 Å². The summed E-state index contributed by atoms with van der Waals surface area (Å²) in [4.78, 5) is 35.0. The fraction of sp³-hybridized carbons (Fsp3) is 0.308. The van der Waals surface area contributed by atoms with Crippen molar-refractivity contribution in [1.82, 2.24) is 4.90 Å². The van der Waals surface area contributed by atoms with Crippen LogP contribution in [0, 0.1) is 6.92 Å². The van der Waals surface area contributed by atoms with Gasteiger partial charge in [0, 0.05) is 24.6 Å². The van der Waals surface area contributed by atoms with E-state index < -0.39 is 22.5 Å². The third kappa shape index (κ3) is 3.30. The summed E-state index contributed by atoms with van der Waals surface area (Å²) < 4.78 is 0. The first-order valence-corrected chi connectivity index (χ1v) is 6.90. The number of anilines is 1. The summed E-state index contributed by atoms with van der Waals surface area (Å²) in [5.41, 5.74) is 1.82. The van der Waals surface area contributed by atoms with Gasteiger partial charge in [-0.1, -0.05) is 17.7 Å². The normalized spacial score (nSPS) is 18.4. The fourth-order valence-electron chi connectivity index (χ4n) is 1.74. The maximum Gasteiger partial charge on any atom is 0.290 e. The number of benzene rings is 1. The summed E-state index contributed by atoms with van der Waals surface area (Å²) >= 11 is 0.845. The molecule has 1 aliphatic rings. The van der Waals surface area contributed by atoms with Crippen LogP contribution in [0.4, 0.5) is 10.5 Å². The average Bonchev–Trinajstić information content (AvgIpc) is 2.65. The Morgan fingerprint density at radius 2 is 2.00 bits per heavy atom. The van der Waals surface area contributed by atoms with E-state index >= 15 is 0 Å². The molecule has 1 saturated heterocycles. The number of carbonyl (C=O) groups is 3. The number of carboxylic acid groups (broad SMARTS) is 1. The van der Waals surface area contributed by atoms with Crippen molar-refractivity contribution in [1.29, 1.82) is 0 Å². The predicted octanol–water partition coefficient (Wildman–Crippen LogP) is 0.568. The molecule has 1 aromatic carbocycles. The van der Waals surface area contributed by atoms with Crippen LogP contribution in [0.3, 0.4) is 0 Å². The van der Waals surface area contributed by atoms with E-state index in [1.54, 1.807) is 0 Å². The number of rotatable bonds is 5. The summed E-state index contributed by atoms with van der Waals surface area (Å²) in [6.45, 7) is 1.80. The lowest BCUT2D eigenvalue weighted by atomic mass is 10.2. The van der Waals surface area contributed by atoms with E-state index in [0.29, 0.717) is 0 Å². The molecular formula is C13H13N2O4S-. The number of aryl methyl sites for hydroxylation is 1. The third-order valence-electron chi connectivity index (χ3n) is 2.82. The zero-order valence-electron chi connectivity index (χ0n) is 10.8. The van der Waals surface area contributed by atoms with E-state index in [9.17, 15) is 19.5 Å². The van der Waals surface area contributed by atoms with Crippen molar-refractivity contribution >= 4 is 34.6 Å². The highest BCUT2D eigenvalue weighted by Gasteiger charge is 2.39. The number of aliphatic carboxylic acids is 1. The Hall–Kier alpha value is -2.02. The first-order chi connectivity index (χ1) is 9.47. The molecule has 0 radical (unpaired) electrons. The van der Waals surface area contributed by atoms with Gasteiger partial charge in [0.05, 0.1) is 0 Å². The first kappa shape index (κ1) is 14.4. The summed E-state index contributed by atoms with van der Waals surface area (Å²) in [7, 11) is 0. The minimum absolute atomic E-state index is 0.154. The van der Waals surface area contributed by atoms with Crippen LogP contribution in [-0.2, 0) is 9.59 Å². The molecule has 0 spiro atoms. The number of hydrogen-bond donors (Lipinski definition) is 1. The maximum absolute atomic E-state index is 12.0. The number of carboxylic acids is 1. The number of imide groups is 1. The van der Waals surface area contributed by atoms with Crippen molar-refractivity contribution in [3.63, 3.8) is 0 Å². The molecule has 7 heteroatoms. The van der Waals surface area contributed by atoms with E-state index in [1.807, 2.05) is 31.2 Å². The number of amides is 2. The largest absolute Gasteiger partial charge is 0.550 e. The van der Waals surface area contributed by atoms with E-state index in [-0.39, 0.29) is 13.0 Å².